The molecular formula is C73H90N14O28S. The number of phenols is 1. The minimum Gasteiger partial charge on any atom is -0.744 e. The Balaban J connectivity index is 1.38. The van der Waals surface area contributed by atoms with Crippen LogP contribution >= 0.6 is 0 Å². The zero-order valence-electron chi connectivity index (χ0n) is 63.2. The Bertz CT molecular complexity index is 4560. The summed E-state index contributed by atoms with van der Waals surface area (Å²) >= 11 is 0. The first-order valence-electron chi connectivity index (χ1n) is 35.7. The van der Waals surface area contributed by atoms with Crippen LogP contribution in [0.3, 0.4) is 0 Å². The highest BCUT2D eigenvalue weighted by molar-refractivity contribution is 7.85. The molecule has 0 aliphatic carbocycles. The maximum atomic E-state index is 14.5. The van der Waals surface area contributed by atoms with E-state index in [9.17, 15) is 125 Å². The number of hydrogen-bond donors (Lipinski definition) is 18. The van der Waals surface area contributed by atoms with Crippen molar-refractivity contribution in [2.75, 3.05) is 20.2 Å². The number of carbonyl (C=O) groups is 17. The van der Waals surface area contributed by atoms with E-state index in [-0.39, 0.29) is 52.8 Å². The second kappa shape index (κ2) is 44.7. The van der Waals surface area contributed by atoms with Gasteiger partial charge in [-0.2, -0.15) is 0 Å². The number of primary amides is 1. The van der Waals surface area contributed by atoms with Gasteiger partial charge in [-0.3, -0.25) is 81.5 Å². The van der Waals surface area contributed by atoms with E-state index in [1.165, 1.54) is 81.8 Å². The Morgan fingerprint density at radius 3 is 1.50 bits per heavy atom. The van der Waals surface area contributed by atoms with Crippen LogP contribution in [0, 0.1) is 5.92 Å². The van der Waals surface area contributed by atoms with Crippen molar-refractivity contribution in [1.82, 2.24) is 63.5 Å². The summed E-state index contributed by atoms with van der Waals surface area (Å²) in [4.78, 5) is 227. The SMILES string of the molecule is CC[C@H](C)[C@H](NC(=O)[C@H](CCC(=O)O)NC(=O)[C@H](CCC(=O)O)NC(=O)[C@H](CCC(=O)O)NC(C)=O)C(=O)N[C@@H](Cc1ccc(O)cc1)C(=O)NCC(=O)N[C@@H](CCC(=O)O)C(=O)N[C@@H](CNC(=O)c1cccc(C[n+]2ccc(-c3ncc(-c4ccc(OC)c(S(=O)(=O)[O-])c4)o3)cc2)c1)C(=O)N[C@@H](CCC(=O)O)C(=O)N[C@@H](C)C(N)=O. The summed E-state index contributed by atoms with van der Waals surface area (Å²) in [7, 11) is -3.73. The number of aromatic hydroxyl groups is 1. The number of nitrogens with two attached hydrogens (primary N) is 1. The number of methoxy groups -OCH3 is 1. The number of aliphatic carboxylic acids is 5. The zero-order valence-corrected chi connectivity index (χ0v) is 64.0. The van der Waals surface area contributed by atoms with Crippen LogP contribution in [0.15, 0.2) is 107 Å². The first-order chi connectivity index (χ1) is 54.6. The monoisotopic (exact) mass is 1640 g/mol. The number of oxazole rings is 1. The van der Waals surface area contributed by atoms with Gasteiger partial charge in [0.25, 0.3) is 5.91 Å². The standard InChI is InChI=1S/C73H90N14O28S/c1-6-37(2)62(86-70(108)50(19-25-61(99)100)82-69(107)49(18-24-60(97)98)81-67(105)46(79-39(4)88)15-21-57(91)92)72(110)84-51(31-40-10-13-45(89)14-11-40)65(103)76-35-56(90)80-47(16-22-58(93)94)68(106)85-52(71(109)83-48(17-23-59(95)96)66(104)78-38(3)63(74)101)33-75-64(102)44-9-7-8-41(30-44)36-87-28-26-42(27-29-87)73-77-34-54(115-73)43-12-20-53(114-5)55(32-43)116(111,112)113/h7-14,20,26-30,32,34,37-38,46-52,62H,6,15-19,21-25,31,33,35-36H2,1-5H3,(H19-,74,75,76,78,79,80,81,82,83,84,85,86,88,89,90,91,92,93,94,95,96,97,98,99,100,101,102,103,104,105,106,107,108,109,110,111,112,113)/t37-,38-,46-,47-,48-,49-,50-,51-,52-,62-/m0/s1. The largest absolute Gasteiger partial charge is 0.744 e. The fourth-order valence-electron chi connectivity index (χ4n) is 11.0. The molecule has 116 heavy (non-hydrogen) atoms. The van der Waals surface area contributed by atoms with Crippen LogP contribution in [0.1, 0.15) is 120 Å². The fourth-order valence-corrected chi connectivity index (χ4v) is 11.7. The van der Waals surface area contributed by atoms with E-state index < -0.39 is 260 Å². The maximum absolute atomic E-state index is 14.5. The smallest absolute Gasteiger partial charge is 0.303 e. The van der Waals surface area contributed by atoms with E-state index in [2.05, 4.69) is 63.5 Å². The molecule has 0 saturated carbocycles. The zero-order chi connectivity index (χ0) is 86.3. The van der Waals surface area contributed by atoms with Crippen molar-refractivity contribution in [1.29, 1.82) is 0 Å². The highest BCUT2D eigenvalue weighted by Gasteiger charge is 2.37. The van der Waals surface area contributed by atoms with Crippen LogP contribution in [0.25, 0.3) is 22.8 Å². The Kier molecular flexibility index (Phi) is 35.9. The lowest BCUT2D eigenvalue weighted by molar-refractivity contribution is -0.688. The number of aromatic nitrogens is 2. The topological polar surface area (TPSA) is 666 Å². The van der Waals surface area contributed by atoms with Gasteiger partial charge in [-0.15, -0.1) is 0 Å². The van der Waals surface area contributed by atoms with Gasteiger partial charge in [-0.1, -0.05) is 44.5 Å². The average molecular weight is 1640 g/mol. The molecule has 0 radical (unpaired) electrons. The molecule has 0 fully saturated rings. The molecule has 0 unspecified atom stereocenters. The molecule has 43 heteroatoms. The lowest BCUT2D eigenvalue weighted by atomic mass is 9.96. The van der Waals surface area contributed by atoms with Crippen molar-refractivity contribution >= 4 is 111 Å². The molecule has 42 nitrogen and oxygen atoms in total. The van der Waals surface area contributed by atoms with Crippen LogP contribution in [0.5, 0.6) is 11.5 Å². The van der Waals surface area contributed by atoms with E-state index in [0.717, 1.165) is 13.0 Å². The number of hydrogen-bond acceptors (Lipinski definition) is 24. The van der Waals surface area contributed by atoms with Crippen molar-refractivity contribution < 1.29 is 139 Å². The van der Waals surface area contributed by atoms with Crippen molar-refractivity contribution in [2.24, 2.45) is 11.7 Å². The summed E-state index contributed by atoms with van der Waals surface area (Å²) in [6.07, 6.45) is -2.76. The first kappa shape index (κ1) is 93.1. The van der Waals surface area contributed by atoms with Crippen LogP contribution in [-0.4, -0.2) is 224 Å². The Labute approximate surface area is 661 Å². The second-order valence-corrected chi connectivity index (χ2v) is 27.8. The van der Waals surface area contributed by atoms with E-state index in [1.807, 2.05) is 0 Å². The van der Waals surface area contributed by atoms with E-state index in [1.54, 1.807) is 42.1 Å². The summed E-state index contributed by atoms with van der Waals surface area (Å²) in [6, 6.07) is 2.63. The third-order valence-corrected chi connectivity index (χ3v) is 18.4. The van der Waals surface area contributed by atoms with E-state index >= 15 is 0 Å². The van der Waals surface area contributed by atoms with E-state index in [0.29, 0.717) is 11.1 Å². The lowest BCUT2D eigenvalue weighted by Crippen LogP contribution is -2.61. The molecular weight excluding hydrogens is 1550 g/mol. The van der Waals surface area contributed by atoms with Gasteiger partial charge in [0.1, 0.15) is 76.0 Å². The molecule has 12 amide bonds. The first-order valence-corrected chi connectivity index (χ1v) is 37.2. The van der Waals surface area contributed by atoms with Crippen molar-refractivity contribution in [3.63, 3.8) is 0 Å². The predicted octanol–water partition coefficient (Wildman–Crippen LogP) is -2.69. The number of rotatable bonds is 48. The highest BCUT2D eigenvalue weighted by Crippen LogP contribution is 2.32. The molecule has 0 aliphatic rings. The van der Waals surface area contributed by atoms with Gasteiger partial charge in [0.15, 0.2) is 24.7 Å². The molecule has 5 aromatic rings. The molecule has 5 rings (SSSR count). The van der Waals surface area contributed by atoms with Gasteiger partial charge >= 0.3 is 29.8 Å². The molecule has 626 valence electrons. The summed E-state index contributed by atoms with van der Waals surface area (Å²) in [6.45, 7) is 3.46. The summed E-state index contributed by atoms with van der Waals surface area (Å²) in [5.74, 6) is -21.8. The molecule has 0 bridgehead atoms. The number of carbonyl (C=O) groups excluding carboxylic acids is 12. The number of carboxylic acid groups (broad SMARTS) is 5. The number of ether oxygens (including phenoxy) is 1. The lowest BCUT2D eigenvalue weighted by Gasteiger charge is -2.29. The summed E-state index contributed by atoms with van der Waals surface area (Å²) in [5.41, 5.74) is 6.79. The van der Waals surface area contributed by atoms with Gasteiger partial charge in [-0.25, -0.2) is 18.0 Å². The molecule has 0 aliphatic heterocycles. The normalized spacial score (nSPS) is 13.6. The molecule has 19 N–H and O–H groups in total. The van der Waals surface area contributed by atoms with Gasteiger partial charge in [-0.05, 0) is 93.0 Å². The van der Waals surface area contributed by atoms with Crippen LogP contribution in [0.4, 0.5) is 0 Å². The van der Waals surface area contributed by atoms with Gasteiger partial charge in [0, 0.05) is 86.4 Å². The number of benzene rings is 3. The highest BCUT2D eigenvalue weighted by atomic mass is 32.2. The fraction of sp³-hybridized carbons (Fsp3) is 0.411. The van der Waals surface area contributed by atoms with Crippen LogP contribution in [0.2, 0.25) is 0 Å². The van der Waals surface area contributed by atoms with Gasteiger partial charge in [0.05, 0.1) is 24.7 Å². The van der Waals surface area contributed by atoms with Crippen molar-refractivity contribution in [2.45, 2.75) is 171 Å². The number of carboxylic acids is 5. The third kappa shape index (κ3) is 30.9. The second-order valence-electron chi connectivity index (χ2n) is 26.5. The minimum atomic E-state index is -4.93. The summed E-state index contributed by atoms with van der Waals surface area (Å²) < 4.78 is 48.3. The number of nitrogens with one attached hydrogen (secondary N) is 11. The molecule has 0 spiro atoms. The number of phenolic OH excluding ortho intramolecular Hbond substituents is 1. The molecule has 0 saturated heterocycles. The third-order valence-electron chi connectivity index (χ3n) is 17.5. The Morgan fingerprint density at radius 1 is 0.543 bits per heavy atom. The molecule has 2 aromatic heterocycles. The van der Waals surface area contributed by atoms with Crippen molar-refractivity contribution in [3.05, 3.63) is 114 Å². The molecule has 3 aromatic carbocycles. The average Bonchev–Trinajstić information content (AvgIpc) is 1.58. The maximum Gasteiger partial charge on any atom is 0.303 e. The quantitative estimate of drug-likeness (QED) is 0.0139. The number of nitrogens with zero attached hydrogens (tertiary/aromatic N) is 2. The van der Waals surface area contributed by atoms with E-state index in [4.69, 9.17) is 14.9 Å². The molecule has 2 heterocycles. The van der Waals surface area contributed by atoms with Gasteiger partial charge in [0.2, 0.25) is 70.9 Å². The van der Waals surface area contributed by atoms with Gasteiger partial charge < -0.3 is 109 Å². The Morgan fingerprint density at radius 2 is 1.02 bits per heavy atom. The van der Waals surface area contributed by atoms with Crippen LogP contribution in [-0.2, 0) is 99.8 Å². The molecule has 10 atom stereocenters. The van der Waals surface area contributed by atoms with Crippen LogP contribution < -0.4 is 73.5 Å². The van der Waals surface area contributed by atoms with Crippen molar-refractivity contribution in [3.8, 4) is 34.3 Å². The Hall–Kier alpha value is -13.5. The number of amides is 12. The number of pyridine rings is 1. The predicted molar refractivity (Wildman–Crippen MR) is 397 cm³/mol. The minimum absolute atomic E-state index is 0.0194. The summed E-state index contributed by atoms with van der Waals surface area (Å²) in [5, 5.41) is 83.3.